The van der Waals surface area contributed by atoms with Crippen LogP contribution in [0.4, 0.5) is 5.69 Å². The number of amides is 1. The summed E-state index contributed by atoms with van der Waals surface area (Å²) in [5, 5.41) is 4.02. The van der Waals surface area contributed by atoms with Gasteiger partial charge in [-0.05, 0) is 25.0 Å². The van der Waals surface area contributed by atoms with Gasteiger partial charge in [0.15, 0.2) is 0 Å². The molecule has 0 unspecified atom stereocenters. The van der Waals surface area contributed by atoms with Crippen molar-refractivity contribution >= 4 is 22.5 Å². The van der Waals surface area contributed by atoms with Gasteiger partial charge in [-0.15, -0.1) is 12.3 Å². The first-order valence-corrected chi connectivity index (χ1v) is 8.38. The number of terminal acetylenes is 1. The van der Waals surface area contributed by atoms with Crippen molar-refractivity contribution in [2.75, 3.05) is 5.32 Å². The van der Waals surface area contributed by atoms with Crippen molar-refractivity contribution in [2.45, 2.75) is 51.4 Å². The summed E-state index contributed by atoms with van der Waals surface area (Å²) < 4.78 is 0. The zero-order valence-electron chi connectivity index (χ0n) is 13.6. The van der Waals surface area contributed by atoms with Crippen molar-refractivity contribution in [3.05, 3.63) is 36.5 Å². The molecule has 0 radical (unpaired) electrons. The third kappa shape index (κ3) is 5.75. The molecule has 1 aromatic heterocycles. The van der Waals surface area contributed by atoms with E-state index in [1.807, 2.05) is 30.3 Å². The van der Waals surface area contributed by atoms with Crippen LogP contribution in [0.3, 0.4) is 0 Å². The van der Waals surface area contributed by atoms with E-state index >= 15 is 0 Å². The predicted octanol–water partition coefficient (Wildman–Crippen LogP) is 4.93. The number of nitrogens with one attached hydrogen (secondary N) is 1. The Hall–Kier alpha value is -2.34. The summed E-state index contributed by atoms with van der Waals surface area (Å²) in [6, 6.07) is 9.74. The summed E-state index contributed by atoms with van der Waals surface area (Å²) in [5.41, 5.74) is 1.64. The van der Waals surface area contributed by atoms with Gasteiger partial charge >= 0.3 is 0 Å². The average Bonchev–Trinajstić information content (AvgIpc) is 2.57. The Bertz CT molecular complexity index is 667. The second-order valence-corrected chi connectivity index (χ2v) is 5.75. The maximum Gasteiger partial charge on any atom is 0.224 e. The van der Waals surface area contributed by atoms with E-state index < -0.39 is 0 Å². The van der Waals surface area contributed by atoms with E-state index in [1.165, 1.54) is 19.3 Å². The third-order valence-electron chi connectivity index (χ3n) is 3.88. The van der Waals surface area contributed by atoms with E-state index in [1.54, 1.807) is 6.20 Å². The molecule has 1 aromatic carbocycles. The first-order valence-electron chi connectivity index (χ1n) is 8.38. The van der Waals surface area contributed by atoms with Gasteiger partial charge < -0.3 is 5.32 Å². The minimum atomic E-state index is 0.0653. The molecule has 1 heterocycles. The molecule has 23 heavy (non-hydrogen) atoms. The fourth-order valence-corrected chi connectivity index (χ4v) is 2.64. The zero-order valence-corrected chi connectivity index (χ0v) is 13.6. The number of hydrogen-bond donors (Lipinski definition) is 1. The molecular formula is C20H24N2O. The van der Waals surface area contributed by atoms with Crippen molar-refractivity contribution in [2.24, 2.45) is 0 Å². The topological polar surface area (TPSA) is 42.0 Å². The van der Waals surface area contributed by atoms with E-state index in [9.17, 15) is 4.79 Å². The van der Waals surface area contributed by atoms with Crippen LogP contribution in [0.2, 0.25) is 0 Å². The van der Waals surface area contributed by atoms with Crippen molar-refractivity contribution in [1.29, 1.82) is 0 Å². The highest BCUT2D eigenvalue weighted by atomic mass is 16.1. The van der Waals surface area contributed by atoms with Crippen LogP contribution in [0.5, 0.6) is 0 Å². The van der Waals surface area contributed by atoms with Gasteiger partial charge in [-0.2, -0.15) is 0 Å². The predicted molar refractivity (Wildman–Crippen MR) is 96.1 cm³/mol. The van der Waals surface area contributed by atoms with Crippen LogP contribution in [-0.4, -0.2) is 10.9 Å². The number of carbonyl (C=O) groups excluding carboxylic acids is 1. The highest BCUT2D eigenvalue weighted by Crippen LogP contribution is 2.21. The van der Waals surface area contributed by atoms with Crippen LogP contribution < -0.4 is 5.32 Å². The molecule has 0 aliphatic carbocycles. The first-order chi connectivity index (χ1) is 11.3. The number of hydrogen-bond acceptors (Lipinski definition) is 2. The number of benzene rings is 1. The lowest BCUT2D eigenvalue weighted by Gasteiger charge is -2.08. The van der Waals surface area contributed by atoms with Crippen LogP contribution >= 0.6 is 0 Å². The van der Waals surface area contributed by atoms with Gasteiger partial charge in [-0.3, -0.25) is 9.78 Å². The number of fused-ring (bicyclic) bond motifs is 1. The normalized spacial score (nSPS) is 10.4. The van der Waals surface area contributed by atoms with Crippen LogP contribution in [0.15, 0.2) is 36.5 Å². The highest BCUT2D eigenvalue weighted by Gasteiger charge is 2.06. The maximum atomic E-state index is 12.1. The summed E-state index contributed by atoms with van der Waals surface area (Å²) in [4.78, 5) is 16.4. The lowest BCUT2D eigenvalue weighted by Crippen LogP contribution is -2.11. The lowest BCUT2D eigenvalue weighted by molar-refractivity contribution is -0.116. The van der Waals surface area contributed by atoms with Crippen LogP contribution in [0, 0.1) is 12.3 Å². The second kappa shape index (κ2) is 9.63. The molecule has 0 saturated heterocycles. The molecule has 2 aromatic rings. The number of rotatable bonds is 9. The third-order valence-corrected chi connectivity index (χ3v) is 3.88. The number of unbranched alkanes of at least 4 members (excludes halogenated alkanes) is 6. The van der Waals surface area contributed by atoms with Gasteiger partial charge in [-0.25, -0.2) is 0 Å². The van der Waals surface area contributed by atoms with Crippen molar-refractivity contribution in [1.82, 2.24) is 4.98 Å². The summed E-state index contributed by atoms with van der Waals surface area (Å²) in [5.74, 6) is 2.73. The molecule has 2 rings (SSSR count). The van der Waals surface area contributed by atoms with E-state index in [-0.39, 0.29) is 5.91 Å². The fourth-order valence-electron chi connectivity index (χ4n) is 2.64. The molecule has 0 saturated carbocycles. The molecular weight excluding hydrogens is 284 g/mol. The number of pyridine rings is 1. The molecule has 0 fully saturated rings. The van der Waals surface area contributed by atoms with Gasteiger partial charge in [0.05, 0.1) is 11.2 Å². The quantitative estimate of drug-likeness (QED) is 0.527. The second-order valence-electron chi connectivity index (χ2n) is 5.75. The SMILES string of the molecule is C#CCCCCCCCCC(=O)Nc1cccc2cccnc12. The summed E-state index contributed by atoms with van der Waals surface area (Å²) >= 11 is 0. The van der Waals surface area contributed by atoms with Gasteiger partial charge in [-0.1, -0.05) is 43.9 Å². The Morgan fingerprint density at radius 2 is 1.78 bits per heavy atom. The largest absolute Gasteiger partial charge is 0.324 e. The molecule has 1 amide bonds. The molecule has 0 aliphatic rings. The van der Waals surface area contributed by atoms with Crippen molar-refractivity contribution in [3.63, 3.8) is 0 Å². The van der Waals surface area contributed by atoms with Gasteiger partial charge in [0.25, 0.3) is 0 Å². The zero-order chi connectivity index (χ0) is 16.3. The van der Waals surface area contributed by atoms with Crippen molar-refractivity contribution in [3.8, 4) is 12.3 Å². The monoisotopic (exact) mass is 308 g/mol. The minimum absolute atomic E-state index is 0.0653. The van der Waals surface area contributed by atoms with Crippen LogP contribution in [0.25, 0.3) is 10.9 Å². The smallest absolute Gasteiger partial charge is 0.224 e. The molecule has 0 aliphatic heterocycles. The Kier molecular flexibility index (Phi) is 7.13. The van der Waals surface area contributed by atoms with Gasteiger partial charge in [0.1, 0.15) is 0 Å². The van der Waals surface area contributed by atoms with E-state index in [2.05, 4.69) is 16.2 Å². The van der Waals surface area contributed by atoms with Crippen LogP contribution in [0.1, 0.15) is 51.4 Å². The van der Waals surface area contributed by atoms with Gasteiger partial charge in [0.2, 0.25) is 5.91 Å². The number of para-hydroxylation sites is 1. The number of aromatic nitrogens is 1. The Morgan fingerprint density at radius 3 is 2.61 bits per heavy atom. The fraction of sp³-hybridized carbons (Fsp3) is 0.400. The van der Waals surface area contributed by atoms with E-state index in [0.717, 1.165) is 42.3 Å². The van der Waals surface area contributed by atoms with Crippen LogP contribution in [-0.2, 0) is 4.79 Å². The van der Waals surface area contributed by atoms with Gasteiger partial charge in [0, 0.05) is 24.4 Å². The van der Waals surface area contributed by atoms with E-state index in [4.69, 9.17) is 6.42 Å². The molecule has 1 N–H and O–H groups in total. The molecule has 0 spiro atoms. The summed E-state index contributed by atoms with van der Waals surface area (Å²) in [6.07, 6.45) is 15.1. The standard InChI is InChI=1S/C20H24N2O/c1-2-3-4-5-6-7-8-9-15-19(23)22-18-14-10-12-17-13-11-16-21-20(17)18/h1,10-14,16H,3-9,15H2,(H,22,23). The number of anilines is 1. The Labute approximate surface area is 138 Å². The first kappa shape index (κ1) is 17.0. The molecule has 3 nitrogen and oxygen atoms in total. The Morgan fingerprint density at radius 1 is 1.04 bits per heavy atom. The molecule has 0 bridgehead atoms. The minimum Gasteiger partial charge on any atom is -0.324 e. The molecule has 3 heteroatoms. The maximum absolute atomic E-state index is 12.1. The number of carbonyl (C=O) groups is 1. The average molecular weight is 308 g/mol. The highest BCUT2D eigenvalue weighted by molar-refractivity contribution is 6.00. The molecule has 0 atom stereocenters. The summed E-state index contributed by atoms with van der Waals surface area (Å²) in [7, 11) is 0. The van der Waals surface area contributed by atoms with E-state index in [0.29, 0.717) is 6.42 Å². The Balaban J connectivity index is 1.70. The molecule has 120 valence electrons. The lowest BCUT2D eigenvalue weighted by atomic mass is 10.1. The summed E-state index contributed by atoms with van der Waals surface area (Å²) in [6.45, 7) is 0. The number of nitrogens with zero attached hydrogens (tertiary/aromatic N) is 1. The van der Waals surface area contributed by atoms with Crippen molar-refractivity contribution < 1.29 is 4.79 Å².